The number of benzene rings is 1. The number of carbonyl (C=O) groups is 5. The molecule has 0 radical (unpaired) electrons. The number of esters is 3. The topological polar surface area (TPSA) is 170 Å². The average molecular weight is 769 g/mol. The summed E-state index contributed by atoms with van der Waals surface area (Å²) in [4.78, 5) is 71.0. The molecule has 2 saturated heterocycles. The molecule has 294 valence electrons. The van der Waals surface area contributed by atoms with Crippen LogP contribution in [0.2, 0.25) is 18.1 Å². The molecule has 1 aromatic carbocycles. The van der Waals surface area contributed by atoms with Crippen molar-refractivity contribution in [3.63, 3.8) is 0 Å². The van der Waals surface area contributed by atoms with Gasteiger partial charge in [0.05, 0.1) is 35.5 Å². The Bertz CT molecular complexity index is 1760. The van der Waals surface area contributed by atoms with E-state index in [4.69, 9.17) is 32.8 Å². The largest absolute Gasteiger partial charge is 0.509 e. The fourth-order valence-corrected chi connectivity index (χ4v) is 13.4. The van der Waals surface area contributed by atoms with Crippen LogP contribution < -0.4 is 0 Å². The van der Waals surface area contributed by atoms with Gasteiger partial charge in [0.1, 0.15) is 12.2 Å². The molecule has 14 heteroatoms. The number of ether oxygens (including phenoxy) is 6. The molecule has 1 aromatic rings. The van der Waals surface area contributed by atoms with Gasteiger partial charge in [-0.25, -0.2) is 9.59 Å². The summed E-state index contributed by atoms with van der Waals surface area (Å²) in [5.41, 5.74) is -6.24. The van der Waals surface area contributed by atoms with Crippen molar-refractivity contribution in [2.45, 2.75) is 141 Å². The van der Waals surface area contributed by atoms with Gasteiger partial charge in [-0.1, -0.05) is 52.8 Å². The van der Waals surface area contributed by atoms with Crippen LogP contribution in [0.15, 0.2) is 41.5 Å². The fourth-order valence-electron chi connectivity index (χ4n) is 10.5. The number of fused-ring (bicyclic) bond motifs is 4. The molecule has 1 spiro atoms. The smallest absolute Gasteiger partial charge is 0.454 e. The molecule has 10 atom stereocenters. The van der Waals surface area contributed by atoms with Crippen LogP contribution in [-0.2, 0) is 47.2 Å². The standard InChI is InChI=1S/C40H52O13Si/c1-9-54(10-2,11-3)53-25-19-26-39(20-47-26,51-22(5)41)30-33(49-35(45)23-15-13-12-14-16-23)40-32(50-36(46)52-40)28(42)21(4)27(37(40,6)7)29(31(43)38(25,30)8)48-34(44)24-17-18-24/h12-16,24-26,28-30,32-33,42H,9-11,17-20H2,1-8H3/t25-,26+,28+,29+,30-,32-,33-,38+,39-,40+/m0/s1. The van der Waals surface area contributed by atoms with Crippen LogP contribution >= 0.6 is 0 Å². The molecule has 2 bridgehead atoms. The van der Waals surface area contributed by atoms with Gasteiger partial charge >= 0.3 is 24.1 Å². The SMILES string of the molecule is CC[Si](CC)(CC)O[C@H]1C[C@H]2OC[C@@]2(OC(C)=O)[C@H]2[C@H](OC(=O)c3ccccc3)[C@]34OC(=O)O[C@H]3[C@H](O)C(C)=C([C@@H](OC(=O)C3CC3)C(=O)[C@]12C)C4(C)C. The van der Waals surface area contributed by atoms with Crippen molar-refractivity contribution >= 4 is 38.2 Å². The fraction of sp³-hybridized carbons (Fsp3) is 0.675. The van der Waals surface area contributed by atoms with Crippen molar-refractivity contribution in [2.75, 3.05) is 6.61 Å². The normalized spacial score (nSPS) is 37.9. The van der Waals surface area contributed by atoms with Crippen LogP contribution in [-0.4, -0.2) is 97.7 Å². The van der Waals surface area contributed by atoms with Crippen molar-refractivity contribution in [2.24, 2.45) is 22.7 Å². The second-order valence-electron chi connectivity index (χ2n) is 16.7. The van der Waals surface area contributed by atoms with Gasteiger partial charge in [-0.05, 0) is 68.1 Å². The van der Waals surface area contributed by atoms with Gasteiger partial charge in [-0.3, -0.25) is 14.4 Å². The lowest BCUT2D eigenvalue weighted by atomic mass is 9.44. The third kappa shape index (κ3) is 5.36. The molecule has 2 heterocycles. The summed E-state index contributed by atoms with van der Waals surface area (Å²) in [6.07, 6.45) is -7.70. The number of aliphatic hydroxyl groups is 1. The van der Waals surface area contributed by atoms with Crippen LogP contribution in [0.5, 0.6) is 0 Å². The number of hydrogen-bond donors (Lipinski definition) is 1. The lowest BCUT2D eigenvalue weighted by Crippen LogP contribution is -2.83. The van der Waals surface area contributed by atoms with Crippen LogP contribution in [0, 0.1) is 22.7 Å². The summed E-state index contributed by atoms with van der Waals surface area (Å²) in [6.45, 7) is 14.0. The van der Waals surface area contributed by atoms with Crippen LogP contribution in [0.4, 0.5) is 4.79 Å². The van der Waals surface area contributed by atoms with Crippen LogP contribution in [0.25, 0.3) is 0 Å². The van der Waals surface area contributed by atoms with Crippen LogP contribution in [0.1, 0.15) is 85.0 Å². The molecule has 2 aliphatic heterocycles. The Morgan fingerprint density at radius 2 is 1.63 bits per heavy atom. The summed E-state index contributed by atoms with van der Waals surface area (Å²) < 4.78 is 44.9. The maximum atomic E-state index is 16.1. The van der Waals surface area contributed by atoms with Crippen molar-refractivity contribution in [3.8, 4) is 0 Å². The number of Topliss-reactive ketones (excluding diaryl/α,β-unsaturated/α-hetero) is 1. The third-order valence-electron chi connectivity index (χ3n) is 13.8. The Kier molecular flexibility index (Phi) is 9.50. The molecule has 0 unspecified atom stereocenters. The van der Waals surface area contributed by atoms with Gasteiger partial charge in [0.2, 0.25) is 5.60 Å². The van der Waals surface area contributed by atoms with Crippen molar-refractivity contribution < 1.29 is 61.9 Å². The number of ketones is 1. The van der Waals surface area contributed by atoms with Gasteiger partial charge < -0.3 is 38.0 Å². The first-order valence-corrected chi connectivity index (χ1v) is 21.8. The van der Waals surface area contributed by atoms with Gasteiger partial charge in [0.25, 0.3) is 0 Å². The Balaban J connectivity index is 1.57. The molecular formula is C40H52O13Si. The molecule has 54 heavy (non-hydrogen) atoms. The Morgan fingerprint density at radius 1 is 0.981 bits per heavy atom. The lowest BCUT2D eigenvalue weighted by Gasteiger charge is -2.68. The quantitative estimate of drug-likeness (QED) is 0.142. The van der Waals surface area contributed by atoms with Gasteiger partial charge in [-0.15, -0.1) is 0 Å². The number of carbonyl (C=O) groups excluding carboxylic acids is 5. The predicted molar refractivity (Wildman–Crippen MR) is 192 cm³/mol. The zero-order valence-electron chi connectivity index (χ0n) is 32.3. The highest BCUT2D eigenvalue weighted by molar-refractivity contribution is 6.73. The molecule has 5 fully saturated rings. The molecule has 0 aromatic heterocycles. The summed E-state index contributed by atoms with van der Waals surface area (Å²) in [7, 11) is -2.55. The number of hydrogen-bond acceptors (Lipinski definition) is 13. The van der Waals surface area contributed by atoms with Crippen LogP contribution in [0.3, 0.4) is 0 Å². The van der Waals surface area contributed by atoms with E-state index in [1.54, 1.807) is 58.0 Å². The summed E-state index contributed by atoms with van der Waals surface area (Å²) >= 11 is 0. The van der Waals surface area contributed by atoms with Crippen molar-refractivity contribution in [3.05, 3.63) is 47.0 Å². The molecule has 3 saturated carbocycles. The van der Waals surface area contributed by atoms with E-state index in [0.717, 1.165) is 18.1 Å². The van der Waals surface area contributed by atoms with E-state index in [-0.39, 0.29) is 29.7 Å². The van der Waals surface area contributed by atoms with Crippen molar-refractivity contribution in [1.29, 1.82) is 0 Å². The molecule has 6 aliphatic rings. The van der Waals surface area contributed by atoms with E-state index in [0.29, 0.717) is 12.8 Å². The molecule has 7 rings (SSSR count). The van der Waals surface area contributed by atoms with Gasteiger partial charge in [-0.2, -0.15) is 0 Å². The van der Waals surface area contributed by atoms with E-state index in [9.17, 15) is 24.3 Å². The highest BCUT2D eigenvalue weighted by atomic mass is 28.4. The first-order chi connectivity index (χ1) is 25.5. The van der Waals surface area contributed by atoms with Crippen molar-refractivity contribution in [1.82, 2.24) is 0 Å². The summed E-state index contributed by atoms with van der Waals surface area (Å²) in [5, 5.41) is 12.1. The summed E-state index contributed by atoms with van der Waals surface area (Å²) in [6, 6.07) is 10.4. The first kappa shape index (κ1) is 38.7. The lowest BCUT2D eigenvalue weighted by molar-refractivity contribution is -0.344. The maximum absolute atomic E-state index is 16.1. The van der Waals surface area contributed by atoms with Gasteiger partial charge in [0.15, 0.2) is 38.0 Å². The molecule has 13 nitrogen and oxygen atoms in total. The van der Waals surface area contributed by atoms with E-state index in [1.165, 1.54) is 6.92 Å². The minimum Gasteiger partial charge on any atom is -0.454 e. The Morgan fingerprint density at radius 3 is 2.19 bits per heavy atom. The third-order valence-corrected chi connectivity index (χ3v) is 18.5. The second kappa shape index (κ2) is 13.3. The zero-order chi connectivity index (χ0) is 39.2. The highest BCUT2D eigenvalue weighted by Gasteiger charge is 2.83. The Hall–Kier alpha value is -3.59. The molecule has 1 N–H and O–H groups in total. The highest BCUT2D eigenvalue weighted by Crippen LogP contribution is 2.67. The average Bonchev–Trinajstić information content (AvgIpc) is 3.93. The minimum atomic E-state index is -2.55. The molecule has 0 amide bonds. The summed E-state index contributed by atoms with van der Waals surface area (Å²) in [5.74, 6) is -4.31. The predicted octanol–water partition coefficient (Wildman–Crippen LogP) is 5.23. The van der Waals surface area contributed by atoms with E-state index < -0.39 is 109 Å². The minimum absolute atomic E-state index is 0.139. The second-order valence-corrected chi connectivity index (χ2v) is 21.4. The van der Waals surface area contributed by atoms with E-state index >= 15 is 4.79 Å². The number of rotatable bonds is 10. The Labute approximate surface area is 316 Å². The van der Waals surface area contributed by atoms with E-state index in [2.05, 4.69) is 20.8 Å². The number of aliphatic hydroxyl groups excluding tert-OH is 1. The molecular weight excluding hydrogens is 717 g/mol. The zero-order valence-corrected chi connectivity index (χ0v) is 33.3. The first-order valence-electron chi connectivity index (χ1n) is 19.3. The van der Waals surface area contributed by atoms with E-state index in [1.807, 2.05) is 0 Å². The maximum Gasteiger partial charge on any atom is 0.509 e. The van der Waals surface area contributed by atoms with Gasteiger partial charge in [0, 0.05) is 18.8 Å². The molecule has 4 aliphatic carbocycles. The monoisotopic (exact) mass is 768 g/mol.